The third kappa shape index (κ3) is 5.56. The molecule has 0 fully saturated rings. The van der Waals surface area contributed by atoms with Crippen LogP contribution in [0.5, 0.6) is 5.75 Å². The minimum atomic E-state index is -1.59. The van der Waals surface area contributed by atoms with Gasteiger partial charge in [-0.1, -0.05) is 47.0 Å². The first kappa shape index (κ1) is 23.7. The Balaban J connectivity index is 1.92. The number of anilines is 1. The molecule has 4 aromatic rings. The Labute approximate surface area is 208 Å². The van der Waals surface area contributed by atoms with Crippen LogP contribution in [0, 0.1) is 13.8 Å². The molecule has 0 aliphatic carbocycles. The maximum absolute atomic E-state index is 14.0. The Morgan fingerprint density at radius 3 is 1.91 bits per heavy atom. The Kier molecular flexibility index (Phi) is 7.46. The Bertz CT molecular complexity index is 1300. The Morgan fingerprint density at radius 2 is 1.35 bits per heavy atom. The molecule has 0 aromatic heterocycles. The predicted molar refractivity (Wildman–Crippen MR) is 142 cm³/mol. The van der Waals surface area contributed by atoms with E-state index >= 15 is 0 Å². The summed E-state index contributed by atoms with van der Waals surface area (Å²) in [6, 6.07) is 30.5. The molecule has 0 radical (unpaired) electrons. The lowest BCUT2D eigenvalue weighted by molar-refractivity contribution is 0.415. The van der Waals surface area contributed by atoms with Crippen molar-refractivity contribution < 1.29 is 8.95 Å². The van der Waals surface area contributed by atoms with Gasteiger partial charge in [0, 0.05) is 10.6 Å². The van der Waals surface area contributed by atoms with E-state index < -0.39 is 11.0 Å². The van der Waals surface area contributed by atoms with Crippen molar-refractivity contribution >= 4 is 39.8 Å². The van der Waals surface area contributed by atoms with Gasteiger partial charge in [-0.3, -0.25) is 0 Å². The smallest absolute Gasteiger partial charge is 0.158 e. The summed E-state index contributed by atoms with van der Waals surface area (Å²) in [5.74, 6) is 1.29. The molecule has 0 N–H and O–H groups in total. The standard InChI is InChI=1S/C28H25ClN2O2S/c1-20-4-12-24(13-5-20)30-28(22-8-16-26(33-3)17-9-22)31(25-14-6-21(2)7-15-25)34(32)27-18-10-23(29)11-19-27/h4-19H,1-3H3. The van der Waals surface area contributed by atoms with Gasteiger partial charge in [0.05, 0.1) is 23.4 Å². The first-order valence-electron chi connectivity index (χ1n) is 10.8. The first-order valence-corrected chi connectivity index (χ1v) is 12.3. The SMILES string of the molecule is COc1ccc(C(=Nc2ccc(C)cc2)N(c2ccc(C)cc2)S(=O)c2ccc(Cl)cc2)cc1. The van der Waals surface area contributed by atoms with E-state index in [9.17, 15) is 4.21 Å². The summed E-state index contributed by atoms with van der Waals surface area (Å²) in [6.07, 6.45) is 0. The molecular formula is C28H25ClN2O2S. The number of aliphatic imine (C=N–C) groups is 1. The summed E-state index contributed by atoms with van der Waals surface area (Å²) in [6.45, 7) is 4.06. The van der Waals surface area contributed by atoms with Crippen LogP contribution in [-0.4, -0.2) is 17.2 Å². The predicted octanol–water partition coefficient (Wildman–Crippen LogP) is 7.27. The molecule has 4 rings (SSSR count). The normalized spacial score (nSPS) is 12.3. The molecule has 1 unspecified atom stereocenters. The number of hydrogen-bond donors (Lipinski definition) is 0. The summed E-state index contributed by atoms with van der Waals surface area (Å²) >= 11 is 6.09. The second kappa shape index (κ2) is 10.7. The van der Waals surface area contributed by atoms with Crippen molar-refractivity contribution in [1.82, 2.24) is 0 Å². The fraction of sp³-hybridized carbons (Fsp3) is 0.107. The monoisotopic (exact) mass is 488 g/mol. The number of nitrogens with zero attached hydrogens (tertiary/aromatic N) is 2. The van der Waals surface area contributed by atoms with Crippen molar-refractivity contribution in [3.63, 3.8) is 0 Å². The molecule has 1 atom stereocenters. The van der Waals surface area contributed by atoms with Crippen LogP contribution in [0.15, 0.2) is 107 Å². The number of ether oxygens (including phenoxy) is 1. The molecule has 0 heterocycles. The van der Waals surface area contributed by atoms with Gasteiger partial charge in [0.25, 0.3) is 0 Å². The number of methoxy groups -OCH3 is 1. The van der Waals surface area contributed by atoms with Crippen molar-refractivity contribution in [3.8, 4) is 5.75 Å². The molecule has 6 heteroatoms. The van der Waals surface area contributed by atoms with Crippen molar-refractivity contribution in [2.75, 3.05) is 11.4 Å². The van der Waals surface area contributed by atoms with Crippen molar-refractivity contribution in [3.05, 3.63) is 119 Å². The van der Waals surface area contributed by atoms with Crippen LogP contribution in [0.4, 0.5) is 11.4 Å². The quantitative estimate of drug-likeness (QED) is 0.211. The molecule has 0 saturated carbocycles. The van der Waals surface area contributed by atoms with Gasteiger partial charge >= 0.3 is 0 Å². The van der Waals surface area contributed by atoms with Crippen molar-refractivity contribution in [2.45, 2.75) is 18.7 Å². The first-order chi connectivity index (χ1) is 16.4. The van der Waals surface area contributed by atoms with Gasteiger partial charge in [-0.15, -0.1) is 0 Å². The van der Waals surface area contributed by atoms with Gasteiger partial charge in [0.2, 0.25) is 0 Å². The van der Waals surface area contributed by atoms with Crippen molar-refractivity contribution in [1.29, 1.82) is 0 Å². The highest BCUT2D eigenvalue weighted by molar-refractivity contribution is 7.87. The van der Waals surface area contributed by atoms with Gasteiger partial charge < -0.3 is 4.74 Å². The second-order valence-electron chi connectivity index (χ2n) is 7.83. The number of rotatable bonds is 6. The summed E-state index contributed by atoms with van der Waals surface area (Å²) in [7, 11) is 0.0393. The number of benzene rings is 4. The Morgan fingerprint density at radius 1 is 0.794 bits per heavy atom. The fourth-order valence-electron chi connectivity index (χ4n) is 3.34. The maximum Gasteiger partial charge on any atom is 0.158 e. The molecule has 0 spiro atoms. The molecule has 0 amide bonds. The third-order valence-corrected chi connectivity index (χ3v) is 6.90. The van der Waals surface area contributed by atoms with Crippen LogP contribution in [0.1, 0.15) is 16.7 Å². The van der Waals surface area contributed by atoms with E-state index in [-0.39, 0.29) is 0 Å². The molecule has 0 bridgehead atoms. The van der Waals surface area contributed by atoms with Gasteiger partial charge in [0.1, 0.15) is 5.75 Å². The summed E-state index contributed by atoms with van der Waals surface area (Å²) in [5, 5.41) is 0.589. The molecule has 172 valence electrons. The van der Waals surface area contributed by atoms with Gasteiger partial charge in [-0.05, 0) is 86.6 Å². The zero-order valence-electron chi connectivity index (χ0n) is 19.2. The molecule has 0 saturated heterocycles. The molecule has 4 nitrogen and oxygen atoms in total. The lowest BCUT2D eigenvalue weighted by Gasteiger charge is -2.26. The van der Waals surface area contributed by atoms with Gasteiger partial charge in [0.15, 0.2) is 16.8 Å². The van der Waals surface area contributed by atoms with Crippen LogP contribution in [0.25, 0.3) is 0 Å². The molecule has 34 heavy (non-hydrogen) atoms. The minimum Gasteiger partial charge on any atom is -0.497 e. The van der Waals surface area contributed by atoms with Crippen LogP contribution in [0.2, 0.25) is 5.02 Å². The van der Waals surface area contributed by atoms with Crippen LogP contribution >= 0.6 is 11.6 Å². The van der Waals surface area contributed by atoms with Crippen LogP contribution in [0.3, 0.4) is 0 Å². The lowest BCUT2D eigenvalue weighted by Crippen LogP contribution is -2.33. The van der Waals surface area contributed by atoms with Crippen molar-refractivity contribution in [2.24, 2.45) is 4.99 Å². The highest BCUT2D eigenvalue weighted by Crippen LogP contribution is 2.28. The zero-order valence-corrected chi connectivity index (χ0v) is 20.8. The second-order valence-corrected chi connectivity index (χ2v) is 9.60. The molecular weight excluding hydrogens is 464 g/mol. The number of hydrogen-bond acceptors (Lipinski definition) is 3. The average molecular weight is 489 g/mol. The van der Waals surface area contributed by atoms with E-state index in [1.807, 2.05) is 86.6 Å². The van der Waals surface area contributed by atoms with E-state index in [0.29, 0.717) is 15.8 Å². The maximum atomic E-state index is 14.0. The zero-order chi connectivity index (χ0) is 24.1. The van der Waals surface area contributed by atoms with Crippen LogP contribution < -0.4 is 9.04 Å². The Hall–Kier alpha value is -3.41. The summed E-state index contributed by atoms with van der Waals surface area (Å²) in [4.78, 5) is 5.59. The van der Waals surface area contributed by atoms with Gasteiger partial charge in [-0.25, -0.2) is 13.5 Å². The lowest BCUT2D eigenvalue weighted by atomic mass is 10.1. The number of halogens is 1. The van der Waals surface area contributed by atoms with E-state index in [4.69, 9.17) is 21.3 Å². The number of aryl methyl sites for hydroxylation is 2. The fourth-order valence-corrected chi connectivity index (χ4v) is 4.66. The van der Waals surface area contributed by atoms with E-state index in [0.717, 1.165) is 33.8 Å². The van der Waals surface area contributed by atoms with E-state index in [1.54, 1.807) is 35.7 Å². The largest absolute Gasteiger partial charge is 0.497 e. The van der Waals surface area contributed by atoms with E-state index in [1.165, 1.54) is 0 Å². The number of amidine groups is 1. The molecule has 0 aliphatic heterocycles. The van der Waals surface area contributed by atoms with E-state index in [2.05, 4.69) is 0 Å². The topological polar surface area (TPSA) is 41.9 Å². The highest BCUT2D eigenvalue weighted by Gasteiger charge is 2.24. The third-order valence-electron chi connectivity index (χ3n) is 5.26. The minimum absolute atomic E-state index is 0.559. The van der Waals surface area contributed by atoms with Crippen LogP contribution in [-0.2, 0) is 11.0 Å². The summed E-state index contributed by atoms with van der Waals surface area (Å²) < 4.78 is 21.1. The average Bonchev–Trinajstić information content (AvgIpc) is 2.86. The molecule has 4 aromatic carbocycles. The van der Waals surface area contributed by atoms with Gasteiger partial charge in [-0.2, -0.15) is 0 Å². The highest BCUT2D eigenvalue weighted by atomic mass is 35.5. The molecule has 0 aliphatic rings. The summed E-state index contributed by atoms with van der Waals surface area (Å²) in [5.41, 5.74) is 4.60.